The Labute approximate surface area is 129 Å². The van der Waals surface area contributed by atoms with Gasteiger partial charge < -0.3 is 9.42 Å². The van der Waals surface area contributed by atoms with Crippen LogP contribution in [0, 0.1) is 6.92 Å². The maximum absolute atomic E-state index is 12.8. The summed E-state index contributed by atoms with van der Waals surface area (Å²) >= 11 is 0. The minimum atomic E-state index is -0.142. The molecule has 1 saturated heterocycles. The van der Waals surface area contributed by atoms with Crippen molar-refractivity contribution in [1.82, 2.24) is 24.8 Å². The van der Waals surface area contributed by atoms with E-state index >= 15 is 0 Å². The number of carbonyl (C=O) groups is 1. The second-order valence-corrected chi connectivity index (χ2v) is 5.71. The smallest absolute Gasteiger partial charge is 0.275 e. The highest BCUT2D eigenvalue weighted by molar-refractivity contribution is 5.92. The number of likely N-dealkylation sites (tertiary alicyclic amines) is 1. The molecule has 0 bridgehead atoms. The molecule has 1 aliphatic heterocycles. The predicted molar refractivity (Wildman–Crippen MR) is 79.2 cm³/mol. The number of hydrogen-bond donors (Lipinski definition) is 0. The number of rotatable bonds is 3. The van der Waals surface area contributed by atoms with Gasteiger partial charge in [0.05, 0.1) is 0 Å². The van der Waals surface area contributed by atoms with Crippen LogP contribution in [0.25, 0.3) is 0 Å². The molecule has 1 aliphatic rings. The molecule has 1 unspecified atom stereocenters. The van der Waals surface area contributed by atoms with Gasteiger partial charge in [0.1, 0.15) is 6.04 Å². The molecule has 7 nitrogen and oxygen atoms in total. The van der Waals surface area contributed by atoms with Crippen molar-refractivity contribution in [3.8, 4) is 0 Å². The topological polar surface area (TPSA) is 77.0 Å². The van der Waals surface area contributed by atoms with Gasteiger partial charge in [0.2, 0.25) is 5.89 Å². The summed E-state index contributed by atoms with van der Waals surface area (Å²) in [6.45, 7) is 4.61. The second kappa shape index (κ2) is 5.90. The monoisotopic (exact) mass is 303 g/mol. The molecule has 1 atom stereocenters. The van der Waals surface area contributed by atoms with Crippen LogP contribution in [0.2, 0.25) is 0 Å². The van der Waals surface area contributed by atoms with Crippen LogP contribution in [0.15, 0.2) is 10.6 Å². The van der Waals surface area contributed by atoms with E-state index in [2.05, 4.69) is 15.2 Å². The highest BCUT2D eigenvalue weighted by atomic mass is 16.5. The Kier molecular flexibility index (Phi) is 3.96. The molecule has 3 rings (SSSR count). The number of hydrogen-bond acceptors (Lipinski definition) is 5. The molecule has 22 heavy (non-hydrogen) atoms. The Morgan fingerprint density at radius 2 is 2.27 bits per heavy atom. The van der Waals surface area contributed by atoms with E-state index in [4.69, 9.17) is 4.52 Å². The van der Waals surface area contributed by atoms with Gasteiger partial charge >= 0.3 is 0 Å². The van der Waals surface area contributed by atoms with E-state index in [1.807, 2.05) is 31.9 Å². The van der Waals surface area contributed by atoms with Crippen molar-refractivity contribution in [3.63, 3.8) is 0 Å². The van der Waals surface area contributed by atoms with E-state index in [-0.39, 0.29) is 11.9 Å². The molecule has 0 aromatic carbocycles. The summed E-state index contributed by atoms with van der Waals surface area (Å²) in [5, 5.41) is 8.24. The number of amides is 1. The van der Waals surface area contributed by atoms with E-state index < -0.39 is 0 Å². The molecule has 7 heteroatoms. The maximum Gasteiger partial charge on any atom is 0.275 e. The minimum Gasteiger partial charge on any atom is -0.337 e. The maximum atomic E-state index is 12.8. The van der Waals surface area contributed by atoms with E-state index in [1.165, 1.54) is 0 Å². The van der Waals surface area contributed by atoms with E-state index in [0.29, 0.717) is 24.0 Å². The first kappa shape index (κ1) is 14.7. The largest absolute Gasteiger partial charge is 0.337 e. The predicted octanol–water partition coefficient (Wildman–Crippen LogP) is 2.04. The van der Waals surface area contributed by atoms with Crippen LogP contribution in [-0.2, 0) is 13.5 Å². The van der Waals surface area contributed by atoms with Crippen molar-refractivity contribution >= 4 is 5.91 Å². The summed E-state index contributed by atoms with van der Waals surface area (Å²) in [6, 6.07) is 1.68. The Balaban J connectivity index is 1.87. The lowest BCUT2D eigenvalue weighted by Crippen LogP contribution is -2.39. The van der Waals surface area contributed by atoms with Crippen LogP contribution < -0.4 is 0 Å². The Bertz CT molecular complexity index is 656. The van der Waals surface area contributed by atoms with Gasteiger partial charge in [0.25, 0.3) is 5.91 Å². The van der Waals surface area contributed by atoms with E-state index in [0.717, 1.165) is 31.4 Å². The summed E-state index contributed by atoms with van der Waals surface area (Å²) in [5.74, 6) is 1.16. The molecular weight excluding hydrogens is 282 g/mol. The molecule has 0 spiro atoms. The van der Waals surface area contributed by atoms with Gasteiger partial charge in [-0.3, -0.25) is 9.48 Å². The van der Waals surface area contributed by atoms with Crippen molar-refractivity contribution in [2.24, 2.45) is 7.05 Å². The van der Waals surface area contributed by atoms with Gasteiger partial charge in [0.15, 0.2) is 11.5 Å². The second-order valence-electron chi connectivity index (χ2n) is 5.71. The molecule has 0 N–H and O–H groups in total. The average molecular weight is 303 g/mol. The molecular formula is C15H21N5O2. The highest BCUT2D eigenvalue weighted by Crippen LogP contribution is 2.31. The zero-order chi connectivity index (χ0) is 15.7. The fourth-order valence-electron chi connectivity index (χ4n) is 2.79. The zero-order valence-electron chi connectivity index (χ0n) is 13.2. The molecule has 0 radical (unpaired) electrons. The van der Waals surface area contributed by atoms with Gasteiger partial charge in [-0.05, 0) is 32.3 Å². The van der Waals surface area contributed by atoms with Crippen molar-refractivity contribution < 1.29 is 9.32 Å². The lowest BCUT2D eigenvalue weighted by atomic mass is 10.0. The van der Waals surface area contributed by atoms with Crippen LogP contribution in [0.5, 0.6) is 0 Å². The number of carbonyl (C=O) groups excluding carboxylic acids is 1. The molecule has 3 heterocycles. The fraction of sp³-hybridized carbons (Fsp3) is 0.600. The van der Waals surface area contributed by atoms with Crippen molar-refractivity contribution in [2.45, 2.75) is 45.6 Å². The highest BCUT2D eigenvalue weighted by Gasteiger charge is 2.33. The number of nitrogens with zero attached hydrogens (tertiary/aromatic N) is 5. The normalized spacial score (nSPS) is 18.7. The summed E-state index contributed by atoms with van der Waals surface area (Å²) < 4.78 is 7.08. The van der Waals surface area contributed by atoms with Crippen LogP contribution in [0.1, 0.15) is 60.1 Å². The number of aromatic nitrogens is 4. The molecule has 1 fully saturated rings. The third-order valence-corrected chi connectivity index (χ3v) is 4.18. The molecule has 118 valence electrons. The molecule has 2 aromatic rings. The number of piperidine rings is 1. The Morgan fingerprint density at radius 1 is 1.45 bits per heavy atom. The Hall–Kier alpha value is -2.18. The van der Waals surface area contributed by atoms with Crippen molar-refractivity contribution in [1.29, 1.82) is 0 Å². The molecule has 1 amide bonds. The van der Waals surface area contributed by atoms with Crippen molar-refractivity contribution in [3.05, 3.63) is 29.2 Å². The summed E-state index contributed by atoms with van der Waals surface area (Å²) in [6.07, 6.45) is 3.62. The van der Waals surface area contributed by atoms with E-state index in [9.17, 15) is 4.79 Å². The van der Waals surface area contributed by atoms with E-state index in [1.54, 1.807) is 4.68 Å². The quantitative estimate of drug-likeness (QED) is 0.867. The first-order valence-electron chi connectivity index (χ1n) is 7.74. The average Bonchev–Trinajstić information content (AvgIpc) is 3.14. The van der Waals surface area contributed by atoms with Gasteiger partial charge in [-0.2, -0.15) is 10.1 Å². The first-order chi connectivity index (χ1) is 10.6. The zero-order valence-corrected chi connectivity index (χ0v) is 13.2. The number of aryl methyl sites for hydroxylation is 3. The summed E-state index contributed by atoms with van der Waals surface area (Å²) in [7, 11) is 1.84. The third-order valence-electron chi connectivity index (χ3n) is 4.18. The minimum absolute atomic E-state index is 0.0651. The molecule has 0 aliphatic carbocycles. The first-order valence-corrected chi connectivity index (χ1v) is 7.74. The van der Waals surface area contributed by atoms with Crippen molar-refractivity contribution in [2.75, 3.05) is 6.54 Å². The molecule has 0 saturated carbocycles. The summed E-state index contributed by atoms with van der Waals surface area (Å²) in [4.78, 5) is 19.0. The van der Waals surface area contributed by atoms with Crippen LogP contribution in [-0.4, -0.2) is 37.3 Å². The fourth-order valence-corrected chi connectivity index (χ4v) is 2.79. The van der Waals surface area contributed by atoms with Gasteiger partial charge in [-0.1, -0.05) is 12.1 Å². The lowest BCUT2D eigenvalue weighted by Gasteiger charge is -2.32. The van der Waals surface area contributed by atoms with Gasteiger partial charge in [-0.25, -0.2) is 0 Å². The SMILES string of the molecule is CCc1noc(C2CCCCN2C(=O)c2cc(C)n(C)n2)n1. The van der Waals surface area contributed by atoms with Crippen LogP contribution >= 0.6 is 0 Å². The van der Waals surface area contributed by atoms with Gasteiger partial charge in [0, 0.05) is 25.7 Å². The molecule has 2 aromatic heterocycles. The Morgan fingerprint density at radius 3 is 2.91 bits per heavy atom. The van der Waals surface area contributed by atoms with Crippen LogP contribution in [0.3, 0.4) is 0 Å². The van der Waals surface area contributed by atoms with Gasteiger partial charge in [-0.15, -0.1) is 0 Å². The lowest BCUT2D eigenvalue weighted by molar-refractivity contribution is 0.0554. The van der Waals surface area contributed by atoms with Crippen LogP contribution in [0.4, 0.5) is 0 Å². The summed E-state index contributed by atoms with van der Waals surface area (Å²) in [5.41, 5.74) is 1.44. The third kappa shape index (κ3) is 2.63. The standard InChI is InChI=1S/C15H21N5O2/c1-4-13-16-14(22-18-13)12-7-5-6-8-20(12)15(21)11-9-10(2)19(3)17-11/h9,12H,4-8H2,1-3H3.